The van der Waals surface area contributed by atoms with Gasteiger partial charge in [-0.05, 0) is 48.7 Å². The average Bonchev–Trinajstić information content (AvgIpc) is 3.21. The Labute approximate surface area is 157 Å². The molecule has 1 aliphatic rings. The number of hydrogen-bond donors (Lipinski definition) is 2. The van der Waals surface area contributed by atoms with Crippen molar-refractivity contribution in [3.63, 3.8) is 0 Å². The first-order chi connectivity index (χ1) is 13.1. The molecule has 136 valence electrons. The molecule has 0 bridgehead atoms. The van der Waals surface area contributed by atoms with Crippen molar-refractivity contribution in [1.82, 2.24) is 0 Å². The topological polar surface area (TPSA) is 93.4 Å². The van der Waals surface area contributed by atoms with Crippen LogP contribution >= 0.6 is 0 Å². The minimum Gasteiger partial charge on any atom is -0.478 e. The zero-order valence-corrected chi connectivity index (χ0v) is 14.7. The Kier molecular flexibility index (Phi) is 5.53. The molecule has 2 aromatic rings. The fourth-order valence-electron chi connectivity index (χ4n) is 3.04. The van der Waals surface area contributed by atoms with Crippen molar-refractivity contribution in [2.24, 2.45) is 0 Å². The highest BCUT2D eigenvalue weighted by Crippen LogP contribution is 2.22. The van der Waals surface area contributed by atoms with E-state index in [1.807, 2.05) is 30.3 Å². The number of carboxylic acids is 1. The molecule has 0 aromatic heterocycles. The van der Waals surface area contributed by atoms with Crippen LogP contribution in [0.2, 0.25) is 0 Å². The number of carboxylic acid groups (broad SMARTS) is 1. The first-order valence-electron chi connectivity index (χ1n) is 8.69. The summed E-state index contributed by atoms with van der Waals surface area (Å²) in [4.78, 5) is 25.9. The van der Waals surface area contributed by atoms with E-state index in [-0.39, 0.29) is 16.8 Å². The van der Waals surface area contributed by atoms with Gasteiger partial charge in [0.05, 0.1) is 11.3 Å². The molecule has 27 heavy (non-hydrogen) atoms. The Morgan fingerprint density at radius 2 is 1.74 bits per heavy atom. The maximum Gasteiger partial charge on any atom is 0.337 e. The van der Waals surface area contributed by atoms with Gasteiger partial charge in [0.25, 0.3) is 5.91 Å². The third kappa shape index (κ3) is 4.33. The summed E-state index contributed by atoms with van der Waals surface area (Å²) in [5.41, 5.74) is 1.89. The zero-order chi connectivity index (χ0) is 19.2. The van der Waals surface area contributed by atoms with Crippen LogP contribution in [0.25, 0.3) is 6.08 Å². The number of nitriles is 1. The lowest BCUT2D eigenvalue weighted by molar-refractivity contribution is -0.112. The van der Waals surface area contributed by atoms with Gasteiger partial charge in [0.1, 0.15) is 11.6 Å². The molecule has 0 radical (unpaired) electrons. The average molecular weight is 361 g/mol. The Balaban J connectivity index is 1.77. The summed E-state index contributed by atoms with van der Waals surface area (Å²) >= 11 is 0. The van der Waals surface area contributed by atoms with Gasteiger partial charge in [0, 0.05) is 18.8 Å². The molecule has 1 aliphatic heterocycles. The molecule has 6 nitrogen and oxygen atoms in total. The van der Waals surface area contributed by atoms with Crippen molar-refractivity contribution < 1.29 is 14.7 Å². The van der Waals surface area contributed by atoms with Crippen LogP contribution in [-0.2, 0) is 4.79 Å². The first-order valence-corrected chi connectivity index (χ1v) is 8.69. The molecule has 6 heteroatoms. The van der Waals surface area contributed by atoms with E-state index in [1.54, 1.807) is 12.1 Å². The Morgan fingerprint density at radius 3 is 2.37 bits per heavy atom. The normalized spacial score (nSPS) is 13.9. The molecule has 1 fully saturated rings. The lowest BCUT2D eigenvalue weighted by atomic mass is 10.1. The molecule has 1 heterocycles. The van der Waals surface area contributed by atoms with Crippen LogP contribution in [-0.4, -0.2) is 30.1 Å². The van der Waals surface area contributed by atoms with E-state index in [9.17, 15) is 20.0 Å². The molecule has 1 saturated heterocycles. The van der Waals surface area contributed by atoms with Gasteiger partial charge in [-0.3, -0.25) is 4.79 Å². The van der Waals surface area contributed by atoms with E-state index in [2.05, 4.69) is 10.2 Å². The number of nitrogens with zero attached hydrogens (tertiary/aromatic N) is 2. The van der Waals surface area contributed by atoms with E-state index >= 15 is 0 Å². The lowest BCUT2D eigenvalue weighted by Gasteiger charge is -2.17. The highest BCUT2D eigenvalue weighted by Gasteiger charge is 2.15. The molecule has 0 saturated carbocycles. The number of hydrogen-bond acceptors (Lipinski definition) is 4. The second-order valence-corrected chi connectivity index (χ2v) is 6.26. The summed E-state index contributed by atoms with van der Waals surface area (Å²) in [6.45, 7) is 2.09. The number of nitrogens with one attached hydrogen (secondary N) is 1. The molecule has 0 atom stereocenters. The van der Waals surface area contributed by atoms with Crippen molar-refractivity contribution >= 4 is 29.3 Å². The van der Waals surface area contributed by atoms with Crippen LogP contribution in [0.3, 0.4) is 0 Å². The molecular formula is C21H19N3O3. The van der Waals surface area contributed by atoms with Crippen LogP contribution in [0.5, 0.6) is 0 Å². The van der Waals surface area contributed by atoms with Gasteiger partial charge in [0.15, 0.2) is 0 Å². The summed E-state index contributed by atoms with van der Waals surface area (Å²) < 4.78 is 0. The summed E-state index contributed by atoms with van der Waals surface area (Å²) in [5.74, 6) is -1.79. The highest BCUT2D eigenvalue weighted by molar-refractivity contribution is 6.11. The summed E-state index contributed by atoms with van der Waals surface area (Å²) in [5, 5.41) is 21.0. The Morgan fingerprint density at radius 1 is 1.07 bits per heavy atom. The maximum absolute atomic E-state index is 12.4. The smallest absolute Gasteiger partial charge is 0.337 e. The SMILES string of the molecule is N#CC(=Cc1ccc(N2CCCC2)cc1)C(=O)Nc1ccccc1C(=O)O. The number of carbonyl (C=O) groups is 2. The van der Waals surface area contributed by atoms with Gasteiger partial charge in [-0.15, -0.1) is 0 Å². The van der Waals surface area contributed by atoms with Crippen molar-refractivity contribution in [3.05, 3.63) is 65.2 Å². The first kappa shape index (κ1) is 18.2. The number of aromatic carboxylic acids is 1. The number of para-hydroxylation sites is 1. The fourth-order valence-corrected chi connectivity index (χ4v) is 3.04. The highest BCUT2D eigenvalue weighted by atomic mass is 16.4. The molecule has 0 aliphatic carbocycles. The van der Waals surface area contributed by atoms with Crippen molar-refractivity contribution in [1.29, 1.82) is 5.26 Å². The van der Waals surface area contributed by atoms with Crippen LogP contribution in [0, 0.1) is 11.3 Å². The molecule has 0 unspecified atom stereocenters. The van der Waals surface area contributed by atoms with E-state index < -0.39 is 11.9 Å². The van der Waals surface area contributed by atoms with Gasteiger partial charge in [-0.2, -0.15) is 5.26 Å². The largest absolute Gasteiger partial charge is 0.478 e. The third-order valence-corrected chi connectivity index (χ3v) is 4.45. The van der Waals surface area contributed by atoms with Gasteiger partial charge in [0.2, 0.25) is 0 Å². The fraction of sp³-hybridized carbons (Fsp3) is 0.190. The summed E-state index contributed by atoms with van der Waals surface area (Å²) in [6, 6.07) is 15.6. The van der Waals surface area contributed by atoms with E-state index in [0.29, 0.717) is 0 Å². The predicted octanol–water partition coefficient (Wildman–Crippen LogP) is 3.53. The quantitative estimate of drug-likeness (QED) is 0.628. The van der Waals surface area contributed by atoms with Crippen LogP contribution in [0.4, 0.5) is 11.4 Å². The molecule has 0 spiro atoms. The minimum atomic E-state index is -1.15. The molecule has 2 aromatic carbocycles. The predicted molar refractivity (Wildman–Crippen MR) is 104 cm³/mol. The van der Waals surface area contributed by atoms with Crippen LogP contribution in [0.1, 0.15) is 28.8 Å². The maximum atomic E-state index is 12.4. The molecule has 1 amide bonds. The monoisotopic (exact) mass is 361 g/mol. The van der Waals surface area contributed by atoms with Crippen molar-refractivity contribution in [3.8, 4) is 6.07 Å². The van der Waals surface area contributed by atoms with Gasteiger partial charge in [-0.1, -0.05) is 24.3 Å². The number of amides is 1. The Hall–Kier alpha value is -3.59. The number of rotatable bonds is 5. The molecule has 3 rings (SSSR count). The van der Waals surface area contributed by atoms with E-state index in [4.69, 9.17) is 0 Å². The van der Waals surface area contributed by atoms with Gasteiger partial charge < -0.3 is 15.3 Å². The van der Waals surface area contributed by atoms with Crippen molar-refractivity contribution in [2.75, 3.05) is 23.3 Å². The molecular weight excluding hydrogens is 342 g/mol. The zero-order valence-electron chi connectivity index (χ0n) is 14.7. The number of anilines is 2. The second-order valence-electron chi connectivity index (χ2n) is 6.26. The van der Waals surface area contributed by atoms with Crippen LogP contribution < -0.4 is 10.2 Å². The van der Waals surface area contributed by atoms with Gasteiger partial charge in [-0.25, -0.2) is 4.79 Å². The Bertz CT molecular complexity index is 920. The van der Waals surface area contributed by atoms with Crippen LogP contribution in [0.15, 0.2) is 54.1 Å². The summed E-state index contributed by atoms with van der Waals surface area (Å²) in [6.07, 6.45) is 3.88. The number of carbonyl (C=O) groups excluding carboxylic acids is 1. The summed E-state index contributed by atoms with van der Waals surface area (Å²) in [7, 11) is 0. The third-order valence-electron chi connectivity index (χ3n) is 4.45. The second kappa shape index (κ2) is 8.19. The van der Waals surface area contributed by atoms with E-state index in [1.165, 1.54) is 31.1 Å². The van der Waals surface area contributed by atoms with Crippen molar-refractivity contribution in [2.45, 2.75) is 12.8 Å². The van der Waals surface area contributed by atoms with Gasteiger partial charge >= 0.3 is 5.97 Å². The lowest BCUT2D eigenvalue weighted by Crippen LogP contribution is -2.17. The number of benzene rings is 2. The minimum absolute atomic E-state index is 0.0295. The molecule has 2 N–H and O–H groups in total. The van der Waals surface area contributed by atoms with E-state index in [0.717, 1.165) is 24.3 Å². The standard InChI is InChI=1S/C21H19N3O3/c22-14-16(20(25)23-19-6-2-1-5-18(19)21(26)27)13-15-7-9-17(10-8-15)24-11-3-4-12-24/h1-2,5-10,13H,3-4,11-12H2,(H,23,25)(H,26,27).